The van der Waals surface area contributed by atoms with E-state index in [1.807, 2.05) is 31.2 Å². The minimum atomic E-state index is -0.491. The lowest BCUT2D eigenvalue weighted by Crippen LogP contribution is -2.21. The third-order valence-corrected chi connectivity index (χ3v) is 4.84. The van der Waals surface area contributed by atoms with Crippen molar-refractivity contribution in [3.8, 4) is 0 Å². The number of halogens is 1. The molecule has 3 rings (SSSR count). The van der Waals surface area contributed by atoms with Crippen LogP contribution < -0.4 is 5.32 Å². The summed E-state index contributed by atoms with van der Waals surface area (Å²) in [5, 5.41) is 22.3. The number of rotatable bonds is 6. The third-order valence-electron chi connectivity index (χ3n) is 4.26. The molecule has 0 radical (unpaired) electrons. The summed E-state index contributed by atoms with van der Waals surface area (Å²) in [6, 6.07) is 8.12. The Kier molecular flexibility index (Phi) is 5.59. The number of aryl methyl sites for hydroxylation is 2. The molecule has 9 nitrogen and oxygen atoms in total. The van der Waals surface area contributed by atoms with E-state index in [0.29, 0.717) is 22.5 Å². The quantitative estimate of drug-likeness (QED) is 0.461. The van der Waals surface area contributed by atoms with Crippen LogP contribution in [-0.4, -0.2) is 30.4 Å². The lowest BCUT2D eigenvalue weighted by molar-refractivity contribution is -0.386. The van der Waals surface area contributed by atoms with Crippen LogP contribution in [0.4, 0.5) is 11.5 Å². The minimum absolute atomic E-state index is 0.0728. The molecule has 0 saturated heterocycles. The highest BCUT2D eigenvalue weighted by Crippen LogP contribution is 2.23. The van der Waals surface area contributed by atoms with Gasteiger partial charge in [-0.3, -0.25) is 24.3 Å². The van der Waals surface area contributed by atoms with E-state index < -0.39 is 4.92 Å². The zero-order chi connectivity index (χ0) is 20.4. The van der Waals surface area contributed by atoms with Crippen molar-refractivity contribution in [3.05, 3.63) is 67.6 Å². The summed E-state index contributed by atoms with van der Waals surface area (Å²) in [6.45, 7) is 5.57. The van der Waals surface area contributed by atoms with Gasteiger partial charge in [-0.15, -0.1) is 0 Å². The molecule has 0 fully saturated rings. The fourth-order valence-corrected chi connectivity index (χ4v) is 3.27. The van der Waals surface area contributed by atoms with Gasteiger partial charge in [0.15, 0.2) is 5.82 Å². The minimum Gasteiger partial charge on any atom is -0.307 e. The summed E-state index contributed by atoms with van der Waals surface area (Å²) in [4.78, 5) is 23.0. The summed E-state index contributed by atoms with van der Waals surface area (Å²) >= 11 is 3.40. The molecule has 0 aliphatic rings. The van der Waals surface area contributed by atoms with Gasteiger partial charge in [0.1, 0.15) is 17.9 Å². The number of nitro groups is 1. The second-order valence-electron chi connectivity index (χ2n) is 6.49. The van der Waals surface area contributed by atoms with Crippen LogP contribution in [-0.2, 0) is 17.9 Å². The van der Waals surface area contributed by atoms with Crippen LogP contribution in [0.25, 0.3) is 0 Å². The smallest absolute Gasteiger partial charge is 0.307 e. The molecule has 0 bridgehead atoms. The van der Waals surface area contributed by atoms with Crippen molar-refractivity contribution in [2.75, 3.05) is 5.32 Å². The van der Waals surface area contributed by atoms with E-state index in [-0.39, 0.29) is 23.8 Å². The molecule has 2 heterocycles. The van der Waals surface area contributed by atoms with Gasteiger partial charge in [-0.25, -0.2) is 0 Å². The summed E-state index contributed by atoms with van der Waals surface area (Å²) < 4.78 is 3.69. The fourth-order valence-electron chi connectivity index (χ4n) is 2.86. The Labute approximate surface area is 169 Å². The van der Waals surface area contributed by atoms with Gasteiger partial charge in [0.05, 0.1) is 15.9 Å². The van der Waals surface area contributed by atoms with Gasteiger partial charge in [-0.1, -0.05) is 29.8 Å². The lowest BCUT2D eigenvalue weighted by atomic mass is 10.1. The van der Waals surface area contributed by atoms with Crippen molar-refractivity contribution in [2.45, 2.75) is 33.9 Å². The van der Waals surface area contributed by atoms with Gasteiger partial charge >= 0.3 is 5.69 Å². The van der Waals surface area contributed by atoms with E-state index in [0.717, 1.165) is 5.56 Å². The Bertz CT molecular complexity index is 1040. The third kappa shape index (κ3) is 4.28. The Morgan fingerprint density at radius 1 is 1.21 bits per heavy atom. The summed E-state index contributed by atoms with van der Waals surface area (Å²) in [5.41, 5.74) is 2.81. The number of anilines is 1. The number of carbonyl (C=O) groups is 1. The molecule has 0 atom stereocenters. The van der Waals surface area contributed by atoms with E-state index in [1.165, 1.54) is 10.2 Å². The molecule has 3 aromatic rings. The number of nitrogens with one attached hydrogen (secondary N) is 1. The monoisotopic (exact) mass is 446 g/mol. The lowest BCUT2D eigenvalue weighted by Gasteiger charge is -2.05. The van der Waals surface area contributed by atoms with Crippen molar-refractivity contribution in [2.24, 2.45) is 0 Å². The van der Waals surface area contributed by atoms with Crippen molar-refractivity contribution in [3.63, 3.8) is 0 Å². The van der Waals surface area contributed by atoms with E-state index in [2.05, 4.69) is 31.4 Å². The predicted molar refractivity (Wildman–Crippen MR) is 107 cm³/mol. The highest BCUT2D eigenvalue weighted by Gasteiger charge is 2.23. The molecular formula is C18H19BrN6O3. The largest absolute Gasteiger partial charge is 0.312 e. The van der Waals surface area contributed by atoms with Crippen LogP contribution in [0, 0.1) is 30.9 Å². The van der Waals surface area contributed by atoms with Gasteiger partial charge < -0.3 is 5.32 Å². The van der Waals surface area contributed by atoms with Gasteiger partial charge in [0.25, 0.3) is 0 Å². The molecule has 1 amide bonds. The van der Waals surface area contributed by atoms with Crippen LogP contribution in [0.5, 0.6) is 0 Å². The second kappa shape index (κ2) is 7.93. The van der Waals surface area contributed by atoms with Gasteiger partial charge in [-0.2, -0.15) is 10.2 Å². The molecule has 10 heteroatoms. The average molecular weight is 447 g/mol. The first-order chi connectivity index (χ1) is 13.2. The molecule has 146 valence electrons. The Hall–Kier alpha value is -3.01. The fraction of sp³-hybridized carbons (Fsp3) is 0.278. The molecule has 2 aromatic heterocycles. The molecular weight excluding hydrogens is 428 g/mol. The molecule has 0 spiro atoms. The first-order valence-electron chi connectivity index (χ1n) is 8.51. The van der Waals surface area contributed by atoms with Crippen LogP contribution in [0.1, 0.15) is 22.5 Å². The maximum Gasteiger partial charge on any atom is 0.312 e. The van der Waals surface area contributed by atoms with Crippen molar-refractivity contribution in [1.82, 2.24) is 19.6 Å². The molecule has 0 unspecified atom stereocenters. The Morgan fingerprint density at radius 2 is 1.89 bits per heavy atom. The summed E-state index contributed by atoms with van der Waals surface area (Å²) in [5.74, 6) is 0.00919. The summed E-state index contributed by atoms with van der Waals surface area (Å²) in [7, 11) is 0. The number of benzene rings is 1. The van der Waals surface area contributed by atoms with Crippen molar-refractivity contribution in [1.29, 1.82) is 0 Å². The van der Waals surface area contributed by atoms with Crippen LogP contribution in [0.3, 0.4) is 0 Å². The first-order valence-corrected chi connectivity index (χ1v) is 9.30. The second-order valence-corrected chi connectivity index (χ2v) is 7.35. The zero-order valence-corrected chi connectivity index (χ0v) is 17.2. The van der Waals surface area contributed by atoms with Crippen LogP contribution >= 0.6 is 15.9 Å². The zero-order valence-electron chi connectivity index (χ0n) is 15.6. The topological polar surface area (TPSA) is 108 Å². The highest BCUT2D eigenvalue weighted by atomic mass is 79.9. The number of carbonyl (C=O) groups excluding carboxylic acids is 1. The van der Waals surface area contributed by atoms with Crippen LogP contribution in [0.15, 0.2) is 34.9 Å². The molecule has 0 saturated carbocycles. The number of hydrogen-bond acceptors (Lipinski definition) is 5. The first kappa shape index (κ1) is 19.7. The molecule has 0 aliphatic heterocycles. The maximum absolute atomic E-state index is 12.4. The van der Waals surface area contributed by atoms with Crippen molar-refractivity contribution >= 4 is 33.3 Å². The Morgan fingerprint density at radius 3 is 2.50 bits per heavy atom. The molecule has 0 aliphatic carbocycles. The standard InChI is InChI=1S/C18H19BrN6O3/c1-11-4-6-14(7-5-11)8-23-9-15(19)18(22-23)20-16(26)10-24-13(3)17(25(27)28)12(2)21-24/h4-7,9H,8,10H2,1-3H3,(H,20,22,26). The van der Waals surface area contributed by atoms with Crippen molar-refractivity contribution < 1.29 is 9.72 Å². The number of aromatic nitrogens is 4. The van der Waals surface area contributed by atoms with E-state index in [4.69, 9.17) is 0 Å². The number of hydrogen-bond donors (Lipinski definition) is 1. The molecule has 1 aromatic carbocycles. The maximum atomic E-state index is 12.4. The van der Waals surface area contributed by atoms with E-state index in [9.17, 15) is 14.9 Å². The van der Waals surface area contributed by atoms with Gasteiger partial charge in [0.2, 0.25) is 5.91 Å². The SMILES string of the molecule is Cc1ccc(Cn2cc(Br)c(NC(=O)Cn3nc(C)c([N+](=O)[O-])c3C)n2)cc1. The van der Waals surface area contributed by atoms with Crippen LogP contribution in [0.2, 0.25) is 0 Å². The van der Waals surface area contributed by atoms with Gasteiger partial charge in [0, 0.05) is 6.20 Å². The number of nitrogens with zero attached hydrogens (tertiary/aromatic N) is 5. The van der Waals surface area contributed by atoms with Gasteiger partial charge in [-0.05, 0) is 42.3 Å². The highest BCUT2D eigenvalue weighted by molar-refractivity contribution is 9.10. The number of amides is 1. The summed E-state index contributed by atoms with van der Waals surface area (Å²) in [6.07, 6.45) is 1.78. The predicted octanol–water partition coefficient (Wildman–Crippen LogP) is 3.36. The van der Waals surface area contributed by atoms with E-state index in [1.54, 1.807) is 24.7 Å². The molecule has 1 N–H and O–H groups in total. The Balaban J connectivity index is 1.69. The normalized spacial score (nSPS) is 10.9. The molecule has 28 heavy (non-hydrogen) atoms. The average Bonchev–Trinajstić information content (AvgIpc) is 3.08. The van der Waals surface area contributed by atoms with E-state index >= 15 is 0 Å².